The second-order valence-corrected chi connectivity index (χ2v) is 3.57. The van der Waals surface area contributed by atoms with Gasteiger partial charge >= 0.3 is 0 Å². The van der Waals surface area contributed by atoms with Gasteiger partial charge in [-0.2, -0.15) is 0 Å². The normalized spacial score (nSPS) is 20.8. The van der Waals surface area contributed by atoms with Crippen LogP contribution in [-0.4, -0.2) is 24.0 Å². The summed E-state index contributed by atoms with van der Waals surface area (Å²) >= 11 is 0. The maximum absolute atomic E-state index is 2.65. The molecule has 0 spiro atoms. The lowest BCUT2D eigenvalue weighted by Crippen LogP contribution is -2.38. The summed E-state index contributed by atoms with van der Waals surface area (Å²) in [6.45, 7) is 15.2. The van der Waals surface area contributed by atoms with Crippen LogP contribution < -0.4 is 0 Å². The first-order chi connectivity index (χ1) is 7.38. The molecule has 1 nitrogen and oxygen atoms in total. The third kappa shape index (κ3) is 7.84. The van der Waals surface area contributed by atoms with Crippen LogP contribution in [0.2, 0.25) is 0 Å². The maximum atomic E-state index is 2.65. The molecule has 0 aromatic carbocycles. The average molecular weight is 215 g/mol. The molecule has 94 valence electrons. The first-order valence-electron chi connectivity index (χ1n) is 7.12. The quantitative estimate of drug-likeness (QED) is 0.659. The average Bonchev–Trinajstić information content (AvgIpc) is 2.35. The van der Waals surface area contributed by atoms with Gasteiger partial charge in [0.05, 0.1) is 0 Å². The van der Waals surface area contributed by atoms with E-state index in [4.69, 9.17) is 0 Å². The highest BCUT2D eigenvalue weighted by atomic mass is 15.2. The molecule has 1 heterocycles. The van der Waals surface area contributed by atoms with Gasteiger partial charge in [0.15, 0.2) is 0 Å². The molecular formula is C14H33N. The Kier molecular flexibility index (Phi) is 16.2. The van der Waals surface area contributed by atoms with E-state index in [1.165, 1.54) is 45.2 Å². The summed E-state index contributed by atoms with van der Waals surface area (Å²) in [5, 5.41) is 0. The van der Waals surface area contributed by atoms with Crippen molar-refractivity contribution in [1.29, 1.82) is 0 Å². The number of likely N-dealkylation sites (tertiary alicyclic amines) is 1. The molecule has 0 radical (unpaired) electrons. The van der Waals surface area contributed by atoms with Crippen LogP contribution in [0.1, 0.15) is 73.6 Å². The molecule has 0 aliphatic carbocycles. The maximum Gasteiger partial charge on any atom is 0.00950 e. The van der Waals surface area contributed by atoms with Crippen molar-refractivity contribution in [2.24, 2.45) is 0 Å². The van der Waals surface area contributed by atoms with Crippen LogP contribution >= 0.6 is 0 Å². The lowest BCUT2D eigenvalue weighted by atomic mass is 9.98. The number of hydrogen-bond donors (Lipinski definition) is 0. The van der Waals surface area contributed by atoms with Gasteiger partial charge in [-0.3, -0.25) is 0 Å². The van der Waals surface area contributed by atoms with Gasteiger partial charge in [-0.25, -0.2) is 0 Å². The molecule has 1 aliphatic heterocycles. The Balaban J connectivity index is 0. The molecule has 1 atom stereocenters. The summed E-state index contributed by atoms with van der Waals surface area (Å²) in [6, 6.07) is 0.916. The summed E-state index contributed by atoms with van der Waals surface area (Å²) in [6.07, 6.45) is 7.09. The van der Waals surface area contributed by atoms with E-state index in [0.717, 1.165) is 6.04 Å². The molecule has 1 unspecified atom stereocenters. The highest BCUT2D eigenvalue weighted by Gasteiger charge is 2.19. The molecular weight excluding hydrogens is 182 g/mol. The minimum atomic E-state index is 0.916. The first kappa shape index (κ1) is 17.4. The Labute approximate surface area is 98.2 Å². The second kappa shape index (κ2) is 14.0. The lowest BCUT2D eigenvalue weighted by molar-refractivity contribution is 0.147. The fraction of sp³-hybridized carbons (Fsp3) is 1.00. The van der Waals surface area contributed by atoms with E-state index in [0.29, 0.717) is 0 Å². The van der Waals surface area contributed by atoms with Crippen LogP contribution in [-0.2, 0) is 0 Å². The summed E-state index contributed by atoms with van der Waals surface area (Å²) in [7, 11) is 0. The first-order valence-corrected chi connectivity index (χ1v) is 7.12. The molecule has 1 saturated heterocycles. The summed E-state index contributed by atoms with van der Waals surface area (Å²) in [4.78, 5) is 2.65. The van der Waals surface area contributed by atoms with Gasteiger partial charge in [-0.05, 0) is 32.4 Å². The summed E-state index contributed by atoms with van der Waals surface area (Å²) < 4.78 is 0. The Hall–Kier alpha value is -0.0400. The largest absolute Gasteiger partial charge is 0.301 e. The zero-order chi connectivity index (χ0) is 12.1. The number of rotatable bonds is 3. The van der Waals surface area contributed by atoms with Crippen molar-refractivity contribution in [3.8, 4) is 0 Å². The Bertz CT molecular complexity index is 99.5. The van der Waals surface area contributed by atoms with Gasteiger partial charge in [-0.1, -0.05) is 54.4 Å². The third-order valence-electron chi connectivity index (χ3n) is 2.78. The summed E-state index contributed by atoms with van der Waals surface area (Å²) in [5.41, 5.74) is 0. The van der Waals surface area contributed by atoms with Gasteiger partial charge in [0.1, 0.15) is 0 Å². The standard InChI is InChI=1S/C10H21N.2C2H6/c1-3-7-10-8-5-6-9-11(10)4-2;2*1-2/h10H,3-9H2,1-2H3;2*1-2H3. The van der Waals surface area contributed by atoms with Crippen molar-refractivity contribution in [2.45, 2.75) is 79.7 Å². The van der Waals surface area contributed by atoms with E-state index in [9.17, 15) is 0 Å². The number of nitrogens with zero attached hydrogens (tertiary/aromatic N) is 1. The molecule has 0 saturated carbocycles. The van der Waals surface area contributed by atoms with Crippen LogP contribution in [0.4, 0.5) is 0 Å². The molecule has 15 heavy (non-hydrogen) atoms. The summed E-state index contributed by atoms with van der Waals surface area (Å²) in [5.74, 6) is 0. The van der Waals surface area contributed by atoms with Crippen molar-refractivity contribution in [2.75, 3.05) is 13.1 Å². The van der Waals surface area contributed by atoms with Gasteiger partial charge in [0, 0.05) is 6.04 Å². The van der Waals surface area contributed by atoms with Crippen molar-refractivity contribution in [1.82, 2.24) is 4.90 Å². The van der Waals surface area contributed by atoms with E-state index in [1.54, 1.807) is 0 Å². The minimum Gasteiger partial charge on any atom is -0.301 e. The fourth-order valence-electron chi connectivity index (χ4n) is 2.14. The molecule has 1 fully saturated rings. The third-order valence-corrected chi connectivity index (χ3v) is 2.78. The highest BCUT2D eigenvalue weighted by molar-refractivity contribution is 4.75. The van der Waals surface area contributed by atoms with Crippen LogP contribution in [0.5, 0.6) is 0 Å². The smallest absolute Gasteiger partial charge is 0.00950 e. The zero-order valence-electron chi connectivity index (χ0n) is 12.0. The lowest BCUT2D eigenvalue weighted by Gasteiger charge is -2.34. The second-order valence-electron chi connectivity index (χ2n) is 3.57. The Morgan fingerprint density at radius 3 is 2.07 bits per heavy atom. The van der Waals surface area contributed by atoms with Crippen molar-refractivity contribution < 1.29 is 0 Å². The molecule has 0 amide bonds. The van der Waals surface area contributed by atoms with Crippen LogP contribution in [0.15, 0.2) is 0 Å². The molecule has 1 rings (SSSR count). The topological polar surface area (TPSA) is 3.24 Å². The van der Waals surface area contributed by atoms with Gasteiger partial charge in [0.2, 0.25) is 0 Å². The van der Waals surface area contributed by atoms with Crippen molar-refractivity contribution in [3.63, 3.8) is 0 Å². The van der Waals surface area contributed by atoms with E-state index in [2.05, 4.69) is 18.7 Å². The van der Waals surface area contributed by atoms with E-state index >= 15 is 0 Å². The molecule has 0 aromatic rings. The number of hydrogen-bond acceptors (Lipinski definition) is 1. The van der Waals surface area contributed by atoms with Crippen LogP contribution in [0.3, 0.4) is 0 Å². The fourth-order valence-corrected chi connectivity index (χ4v) is 2.14. The Morgan fingerprint density at radius 1 is 1.00 bits per heavy atom. The molecule has 0 bridgehead atoms. The SMILES string of the molecule is CC.CC.CCCC1CCCCN1CC. The predicted octanol–water partition coefficient (Wildman–Crippen LogP) is 4.71. The molecule has 0 aromatic heterocycles. The van der Waals surface area contributed by atoms with Gasteiger partial charge in [0.25, 0.3) is 0 Å². The van der Waals surface area contributed by atoms with Crippen LogP contribution in [0.25, 0.3) is 0 Å². The van der Waals surface area contributed by atoms with E-state index < -0.39 is 0 Å². The van der Waals surface area contributed by atoms with Crippen molar-refractivity contribution in [3.05, 3.63) is 0 Å². The van der Waals surface area contributed by atoms with Crippen LogP contribution in [0, 0.1) is 0 Å². The predicted molar refractivity (Wildman–Crippen MR) is 72.5 cm³/mol. The highest BCUT2D eigenvalue weighted by Crippen LogP contribution is 2.19. The van der Waals surface area contributed by atoms with E-state index in [1.807, 2.05) is 27.7 Å². The van der Waals surface area contributed by atoms with Gasteiger partial charge in [-0.15, -0.1) is 0 Å². The molecule has 0 N–H and O–H groups in total. The minimum absolute atomic E-state index is 0.916. The molecule has 1 heteroatoms. The zero-order valence-corrected chi connectivity index (χ0v) is 12.0. The Morgan fingerprint density at radius 2 is 1.60 bits per heavy atom. The molecule has 1 aliphatic rings. The van der Waals surface area contributed by atoms with Gasteiger partial charge < -0.3 is 4.90 Å². The number of piperidine rings is 1. The van der Waals surface area contributed by atoms with Crippen molar-refractivity contribution >= 4 is 0 Å². The monoisotopic (exact) mass is 215 g/mol. The van der Waals surface area contributed by atoms with E-state index in [-0.39, 0.29) is 0 Å².